The second-order valence-corrected chi connectivity index (χ2v) is 5.97. The van der Waals surface area contributed by atoms with Crippen molar-refractivity contribution in [3.63, 3.8) is 0 Å². The molecule has 0 fully saturated rings. The van der Waals surface area contributed by atoms with Gasteiger partial charge < -0.3 is 4.90 Å². The van der Waals surface area contributed by atoms with Gasteiger partial charge in [0.1, 0.15) is 5.82 Å². The Bertz CT molecular complexity index is 1050. The first kappa shape index (κ1) is 17.2. The zero-order chi connectivity index (χ0) is 19.2. The van der Waals surface area contributed by atoms with Crippen molar-refractivity contribution in [2.45, 2.75) is 19.4 Å². The van der Waals surface area contributed by atoms with E-state index in [2.05, 4.69) is 15.0 Å². The van der Waals surface area contributed by atoms with E-state index in [9.17, 15) is 17.6 Å². The van der Waals surface area contributed by atoms with Crippen molar-refractivity contribution in [2.75, 3.05) is 4.90 Å². The van der Waals surface area contributed by atoms with E-state index in [1.54, 1.807) is 29.8 Å². The standard InChI is InChI=1S/C18H13F4N5/c1-11-25-16-15(3-2-8-23-16)27(11)17-24-9-13(19)10-26(17)14-6-4-12(5-7-14)18(20,21)22/h2-10,17H,1H3. The minimum atomic E-state index is -4.44. The summed E-state index contributed by atoms with van der Waals surface area (Å²) in [6.07, 6.45) is -1.30. The third-order valence-corrected chi connectivity index (χ3v) is 4.21. The Kier molecular flexibility index (Phi) is 3.94. The molecule has 1 unspecified atom stereocenters. The lowest BCUT2D eigenvalue weighted by molar-refractivity contribution is -0.137. The molecule has 0 aliphatic carbocycles. The predicted octanol–water partition coefficient (Wildman–Crippen LogP) is 4.62. The number of rotatable bonds is 2. The second-order valence-electron chi connectivity index (χ2n) is 5.97. The molecule has 3 heterocycles. The Balaban J connectivity index is 1.80. The maximum Gasteiger partial charge on any atom is 0.416 e. The fourth-order valence-electron chi connectivity index (χ4n) is 3.00. The molecule has 1 aliphatic heterocycles. The predicted molar refractivity (Wildman–Crippen MR) is 92.9 cm³/mol. The van der Waals surface area contributed by atoms with Crippen LogP contribution in [0.2, 0.25) is 0 Å². The van der Waals surface area contributed by atoms with Crippen LogP contribution >= 0.6 is 0 Å². The first-order valence-corrected chi connectivity index (χ1v) is 8.00. The lowest BCUT2D eigenvalue weighted by atomic mass is 10.2. The van der Waals surface area contributed by atoms with Gasteiger partial charge in [-0.3, -0.25) is 4.57 Å². The normalized spacial score (nSPS) is 17.4. The van der Waals surface area contributed by atoms with Crippen LogP contribution in [0.25, 0.3) is 11.2 Å². The van der Waals surface area contributed by atoms with E-state index in [4.69, 9.17) is 0 Å². The van der Waals surface area contributed by atoms with Gasteiger partial charge in [-0.2, -0.15) is 13.2 Å². The van der Waals surface area contributed by atoms with Gasteiger partial charge in [-0.1, -0.05) is 0 Å². The van der Waals surface area contributed by atoms with Crippen molar-refractivity contribution in [2.24, 2.45) is 4.99 Å². The summed E-state index contributed by atoms with van der Waals surface area (Å²) in [5.41, 5.74) is 0.781. The van der Waals surface area contributed by atoms with Crippen LogP contribution in [0, 0.1) is 6.92 Å². The first-order chi connectivity index (χ1) is 12.8. The highest BCUT2D eigenvalue weighted by atomic mass is 19.4. The van der Waals surface area contributed by atoms with Gasteiger partial charge in [0, 0.05) is 18.1 Å². The maximum absolute atomic E-state index is 13.9. The number of aryl methyl sites for hydroxylation is 1. The average Bonchev–Trinajstić information content (AvgIpc) is 2.97. The molecule has 0 radical (unpaired) electrons. The third kappa shape index (κ3) is 3.05. The summed E-state index contributed by atoms with van der Waals surface area (Å²) in [6, 6.07) is 8.02. The minimum absolute atomic E-state index is 0.366. The Morgan fingerprint density at radius 2 is 1.81 bits per heavy atom. The molecule has 1 aliphatic rings. The molecule has 0 spiro atoms. The molecule has 9 heteroatoms. The average molecular weight is 375 g/mol. The van der Waals surface area contributed by atoms with Gasteiger partial charge in [-0.15, -0.1) is 0 Å². The number of fused-ring (bicyclic) bond motifs is 1. The van der Waals surface area contributed by atoms with Crippen LogP contribution in [0.1, 0.15) is 17.7 Å². The molecule has 4 rings (SSSR count). The topological polar surface area (TPSA) is 46.3 Å². The second kappa shape index (κ2) is 6.19. The number of hydrogen-bond acceptors (Lipinski definition) is 4. The molecule has 2 aromatic heterocycles. The number of allylic oxidation sites excluding steroid dienone is 1. The van der Waals surface area contributed by atoms with Gasteiger partial charge in [-0.05, 0) is 43.3 Å². The number of alkyl halides is 3. The maximum atomic E-state index is 13.9. The summed E-state index contributed by atoms with van der Waals surface area (Å²) in [5.74, 6) is -0.00943. The molecule has 0 amide bonds. The van der Waals surface area contributed by atoms with E-state index in [1.165, 1.54) is 23.2 Å². The van der Waals surface area contributed by atoms with Crippen LogP contribution in [0.5, 0.6) is 0 Å². The van der Waals surface area contributed by atoms with Gasteiger partial charge >= 0.3 is 6.18 Å². The van der Waals surface area contributed by atoms with Crippen molar-refractivity contribution in [1.29, 1.82) is 0 Å². The van der Waals surface area contributed by atoms with Gasteiger partial charge in [0.25, 0.3) is 0 Å². The lowest BCUT2D eigenvalue weighted by Gasteiger charge is -2.31. The number of halogens is 4. The van der Waals surface area contributed by atoms with Crippen LogP contribution in [0.3, 0.4) is 0 Å². The Morgan fingerprint density at radius 1 is 1.07 bits per heavy atom. The van der Waals surface area contributed by atoms with E-state index in [1.807, 2.05) is 0 Å². The van der Waals surface area contributed by atoms with E-state index in [0.717, 1.165) is 18.3 Å². The van der Waals surface area contributed by atoms with Gasteiger partial charge in [0.2, 0.25) is 6.29 Å². The number of aromatic nitrogens is 3. The molecule has 1 aromatic carbocycles. The third-order valence-electron chi connectivity index (χ3n) is 4.21. The molecule has 0 N–H and O–H groups in total. The van der Waals surface area contributed by atoms with Gasteiger partial charge in [0.15, 0.2) is 11.5 Å². The molecular weight excluding hydrogens is 362 g/mol. The minimum Gasteiger partial charge on any atom is -0.305 e. The zero-order valence-electron chi connectivity index (χ0n) is 14.0. The van der Waals surface area contributed by atoms with Crippen molar-refractivity contribution in [3.8, 4) is 0 Å². The van der Waals surface area contributed by atoms with E-state index < -0.39 is 23.9 Å². The number of pyridine rings is 1. The highest BCUT2D eigenvalue weighted by Crippen LogP contribution is 2.34. The molecule has 0 saturated heterocycles. The van der Waals surface area contributed by atoms with Crippen molar-refractivity contribution < 1.29 is 17.6 Å². The van der Waals surface area contributed by atoms with Crippen molar-refractivity contribution in [1.82, 2.24) is 14.5 Å². The van der Waals surface area contributed by atoms with Crippen LogP contribution in [-0.2, 0) is 6.18 Å². The lowest BCUT2D eigenvalue weighted by Crippen LogP contribution is -2.30. The number of aliphatic imine (C=N–C) groups is 1. The molecule has 138 valence electrons. The van der Waals surface area contributed by atoms with E-state index in [-0.39, 0.29) is 0 Å². The fourth-order valence-corrected chi connectivity index (χ4v) is 3.00. The number of hydrogen-bond donors (Lipinski definition) is 0. The summed E-state index contributed by atoms with van der Waals surface area (Å²) in [4.78, 5) is 14.2. The van der Waals surface area contributed by atoms with Crippen LogP contribution < -0.4 is 4.90 Å². The summed E-state index contributed by atoms with van der Waals surface area (Å²) in [6.45, 7) is 1.76. The Hall–Kier alpha value is -3.23. The summed E-state index contributed by atoms with van der Waals surface area (Å²) < 4.78 is 54.1. The largest absolute Gasteiger partial charge is 0.416 e. The van der Waals surface area contributed by atoms with Crippen LogP contribution in [0.4, 0.5) is 23.2 Å². The number of nitrogens with zero attached hydrogens (tertiary/aromatic N) is 5. The Morgan fingerprint density at radius 3 is 2.52 bits per heavy atom. The van der Waals surface area contributed by atoms with Crippen LogP contribution in [-0.4, -0.2) is 20.7 Å². The summed E-state index contributed by atoms with van der Waals surface area (Å²) >= 11 is 0. The number of imidazole rings is 1. The number of anilines is 1. The highest BCUT2D eigenvalue weighted by Gasteiger charge is 2.31. The van der Waals surface area contributed by atoms with E-state index >= 15 is 0 Å². The molecule has 3 aromatic rings. The first-order valence-electron chi connectivity index (χ1n) is 8.00. The Labute approximate surface area is 151 Å². The SMILES string of the molecule is Cc1nc2ncccc2n1C1N=CC(F)=CN1c1ccc(C(F)(F)F)cc1. The molecular formula is C18H13F4N5. The highest BCUT2D eigenvalue weighted by molar-refractivity contribution is 5.79. The summed E-state index contributed by atoms with van der Waals surface area (Å²) in [5, 5.41) is 0. The van der Waals surface area contributed by atoms with Crippen molar-refractivity contribution >= 4 is 23.1 Å². The molecule has 0 bridgehead atoms. The smallest absolute Gasteiger partial charge is 0.305 e. The zero-order valence-corrected chi connectivity index (χ0v) is 14.0. The fraction of sp³-hybridized carbons (Fsp3) is 0.167. The molecule has 0 saturated carbocycles. The summed E-state index contributed by atoms with van der Waals surface area (Å²) in [7, 11) is 0. The van der Waals surface area contributed by atoms with Crippen LogP contribution in [0.15, 0.2) is 59.6 Å². The van der Waals surface area contributed by atoms with Gasteiger partial charge in [0.05, 0.1) is 17.3 Å². The number of benzene rings is 1. The molecule has 27 heavy (non-hydrogen) atoms. The molecule has 1 atom stereocenters. The monoisotopic (exact) mass is 375 g/mol. The van der Waals surface area contributed by atoms with Crippen molar-refractivity contribution in [3.05, 3.63) is 66.0 Å². The van der Waals surface area contributed by atoms with Gasteiger partial charge in [-0.25, -0.2) is 19.4 Å². The molecule has 5 nitrogen and oxygen atoms in total. The van der Waals surface area contributed by atoms with E-state index in [0.29, 0.717) is 22.7 Å². The quantitative estimate of drug-likeness (QED) is 0.614.